The summed E-state index contributed by atoms with van der Waals surface area (Å²) in [6, 6.07) is 16.7. The normalized spacial score (nSPS) is 19.8. The number of amides is 2. The van der Waals surface area contributed by atoms with Crippen LogP contribution in [0.4, 0.5) is 0 Å². The van der Waals surface area contributed by atoms with Crippen LogP contribution in [0.15, 0.2) is 54.6 Å². The lowest BCUT2D eigenvalue weighted by molar-refractivity contribution is -0.119. The molecule has 0 radical (unpaired) electrons. The number of para-hydroxylation sites is 1. The second-order valence-corrected chi connectivity index (χ2v) is 6.31. The highest BCUT2D eigenvalue weighted by Gasteiger charge is 2.31. The van der Waals surface area contributed by atoms with Gasteiger partial charge in [-0.15, -0.1) is 0 Å². The van der Waals surface area contributed by atoms with Crippen LogP contribution in [-0.2, 0) is 9.53 Å². The lowest BCUT2D eigenvalue weighted by Gasteiger charge is -2.37. The standard InChI is InChI=1S/C20H22N2O4/c1-14-11-22(12-18(26-14)15-7-3-2-4-8-15)20(24)16-9-5-6-10-17(16)25-13-19(21)23/h2-10,14,18H,11-13H2,1H3,(H2,21,23)/t14-,18+/m0/s1. The fourth-order valence-corrected chi connectivity index (χ4v) is 3.06. The van der Waals surface area contributed by atoms with Gasteiger partial charge in [-0.3, -0.25) is 9.59 Å². The van der Waals surface area contributed by atoms with Gasteiger partial charge in [0.15, 0.2) is 6.61 Å². The smallest absolute Gasteiger partial charge is 0.257 e. The van der Waals surface area contributed by atoms with Crippen LogP contribution in [0.2, 0.25) is 0 Å². The van der Waals surface area contributed by atoms with E-state index in [1.807, 2.05) is 37.3 Å². The Hall–Kier alpha value is -2.86. The van der Waals surface area contributed by atoms with Crippen LogP contribution in [0.5, 0.6) is 5.75 Å². The first-order valence-corrected chi connectivity index (χ1v) is 8.54. The Labute approximate surface area is 152 Å². The van der Waals surface area contributed by atoms with Gasteiger partial charge in [-0.1, -0.05) is 42.5 Å². The van der Waals surface area contributed by atoms with Crippen molar-refractivity contribution in [1.29, 1.82) is 0 Å². The van der Waals surface area contributed by atoms with E-state index in [1.54, 1.807) is 29.2 Å². The summed E-state index contributed by atoms with van der Waals surface area (Å²) < 4.78 is 11.4. The summed E-state index contributed by atoms with van der Waals surface area (Å²) >= 11 is 0. The molecule has 2 amide bonds. The van der Waals surface area contributed by atoms with Gasteiger partial charge < -0.3 is 20.1 Å². The van der Waals surface area contributed by atoms with Crippen molar-refractivity contribution >= 4 is 11.8 Å². The molecule has 0 unspecified atom stereocenters. The molecular formula is C20H22N2O4. The summed E-state index contributed by atoms with van der Waals surface area (Å²) in [4.78, 5) is 25.8. The summed E-state index contributed by atoms with van der Waals surface area (Å²) in [7, 11) is 0. The Morgan fingerprint density at radius 3 is 2.54 bits per heavy atom. The van der Waals surface area contributed by atoms with Gasteiger partial charge in [0, 0.05) is 6.54 Å². The average Bonchev–Trinajstić information content (AvgIpc) is 2.66. The van der Waals surface area contributed by atoms with E-state index in [0.717, 1.165) is 5.56 Å². The number of hydrogen-bond acceptors (Lipinski definition) is 4. The fraction of sp³-hybridized carbons (Fsp3) is 0.300. The number of morpholine rings is 1. The number of benzene rings is 2. The van der Waals surface area contributed by atoms with Crippen LogP contribution in [0.1, 0.15) is 28.9 Å². The molecule has 6 nitrogen and oxygen atoms in total. The number of ether oxygens (including phenoxy) is 2. The number of carbonyl (C=O) groups excluding carboxylic acids is 2. The van der Waals surface area contributed by atoms with E-state index < -0.39 is 5.91 Å². The molecule has 1 saturated heterocycles. The molecule has 2 aromatic carbocycles. The quantitative estimate of drug-likeness (QED) is 0.892. The van der Waals surface area contributed by atoms with Gasteiger partial charge in [-0.2, -0.15) is 0 Å². The van der Waals surface area contributed by atoms with Crippen LogP contribution in [0.3, 0.4) is 0 Å². The molecule has 1 heterocycles. The molecule has 136 valence electrons. The van der Waals surface area contributed by atoms with Gasteiger partial charge in [0.05, 0.1) is 18.2 Å². The molecule has 0 spiro atoms. The first kappa shape index (κ1) is 17.9. The molecule has 1 aliphatic heterocycles. The van der Waals surface area contributed by atoms with Gasteiger partial charge in [0.2, 0.25) is 0 Å². The van der Waals surface area contributed by atoms with E-state index in [0.29, 0.717) is 24.4 Å². The Balaban J connectivity index is 1.80. The molecule has 0 aromatic heterocycles. The molecule has 2 atom stereocenters. The van der Waals surface area contributed by atoms with Gasteiger partial charge >= 0.3 is 0 Å². The first-order chi connectivity index (χ1) is 12.5. The Bertz CT molecular complexity index is 778. The predicted octanol–water partition coefficient (Wildman–Crippen LogP) is 2.15. The van der Waals surface area contributed by atoms with Crippen LogP contribution in [0.25, 0.3) is 0 Å². The van der Waals surface area contributed by atoms with Gasteiger partial charge in [0.25, 0.3) is 11.8 Å². The minimum Gasteiger partial charge on any atom is -0.483 e. The molecule has 0 saturated carbocycles. The zero-order chi connectivity index (χ0) is 18.5. The highest BCUT2D eigenvalue weighted by Crippen LogP contribution is 2.28. The topological polar surface area (TPSA) is 81.9 Å². The highest BCUT2D eigenvalue weighted by atomic mass is 16.5. The molecule has 0 bridgehead atoms. The van der Waals surface area contributed by atoms with E-state index >= 15 is 0 Å². The number of hydrogen-bond donors (Lipinski definition) is 1. The molecule has 1 fully saturated rings. The third-order valence-corrected chi connectivity index (χ3v) is 4.21. The maximum absolute atomic E-state index is 13.1. The van der Waals surface area contributed by atoms with Crippen molar-refractivity contribution in [3.63, 3.8) is 0 Å². The maximum Gasteiger partial charge on any atom is 0.257 e. The number of carbonyl (C=O) groups is 2. The second kappa shape index (κ2) is 8.01. The molecule has 2 N–H and O–H groups in total. The van der Waals surface area contributed by atoms with Crippen molar-refractivity contribution < 1.29 is 19.1 Å². The van der Waals surface area contributed by atoms with Crippen molar-refractivity contribution in [3.8, 4) is 5.75 Å². The fourth-order valence-electron chi connectivity index (χ4n) is 3.06. The van der Waals surface area contributed by atoms with Gasteiger partial charge in [0.1, 0.15) is 11.9 Å². The summed E-state index contributed by atoms with van der Waals surface area (Å²) in [5.74, 6) is -0.385. The Kier molecular flexibility index (Phi) is 5.53. The monoisotopic (exact) mass is 354 g/mol. The van der Waals surface area contributed by atoms with E-state index in [9.17, 15) is 9.59 Å². The average molecular weight is 354 g/mol. The van der Waals surface area contributed by atoms with E-state index in [4.69, 9.17) is 15.2 Å². The van der Waals surface area contributed by atoms with Crippen LogP contribution >= 0.6 is 0 Å². The minimum absolute atomic E-state index is 0.0865. The first-order valence-electron chi connectivity index (χ1n) is 8.54. The number of primary amides is 1. The van der Waals surface area contributed by atoms with Crippen molar-refractivity contribution in [2.75, 3.05) is 19.7 Å². The lowest BCUT2D eigenvalue weighted by Crippen LogP contribution is -2.46. The zero-order valence-electron chi connectivity index (χ0n) is 14.6. The Morgan fingerprint density at radius 2 is 1.81 bits per heavy atom. The van der Waals surface area contributed by atoms with E-state index in [1.165, 1.54) is 0 Å². The molecule has 1 aliphatic rings. The van der Waals surface area contributed by atoms with Crippen LogP contribution < -0.4 is 10.5 Å². The number of nitrogens with zero attached hydrogens (tertiary/aromatic N) is 1. The molecule has 0 aliphatic carbocycles. The van der Waals surface area contributed by atoms with Crippen molar-refractivity contribution in [1.82, 2.24) is 4.90 Å². The minimum atomic E-state index is -0.587. The third kappa shape index (κ3) is 4.21. The van der Waals surface area contributed by atoms with Gasteiger partial charge in [-0.05, 0) is 24.6 Å². The molecule has 3 rings (SSSR count). The van der Waals surface area contributed by atoms with Crippen molar-refractivity contribution in [2.45, 2.75) is 19.1 Å². The number of nitrogens with two attached hydrogens (primary N) is 1. The summed E-state index contributed by atoms with van der Waals surface area (Å²) in [6.07, 6.45) is -0.265. The Morgan fingerprint density at radius 1 is 1.12 bits per heavy atom. The SMILES string of the molecule is C[C@H]1CN(C(=O)c2ccccc2OCC(N)=O)C[C@H](c2ccccc2)O1. The zero-order valence-corrected chi connectivity index (χ0v) is 14.6. The molecule has 26 heavy (non-hydrogen) atoms. The predicted molar refractivity (Wildman–Crippen MR) is 96.8 cm³/mol. The lowest BCUT2D eigenvalue weighted by atomic mass is 10.1. The van der Waals surface area contributed by atoms with Gasteiger partial charge in [-0.25, -0.2) is 0 Å². The maximum atomic E-state index is 13.1. The van der Waals surface area contributed by atoms with E-state index in [-0.39, 0.29) is 24.7 Å². The number of rotatable bonds is 5. The summed E-state index contributed by atoms with van der Waals surface area (Å²) in [5, 5.41) is 0. The van der Waals surface area contributed by atoms with Crippen molar-refractivity contribution in [2.24, 2.45) is 5.73 Å². The molecule has 6 heteroatoms. The largest absolute Gasteiger partial charge is 0.483 e. The molecular weight excluding hydrogens is 332 g/mol. The highest BCUT2D eigenvalue weighted by molar-refractivity contribution is 5.97. The van der Waals surface area contributed by atoms with Crippen molar-refractivity contribution in [3.05, 3.63) is 65.7 Å². The van der Waals surface area contributed by atoms with Crippen LogP contribution in [-0.4, -0.2) is 42.5 Å². The second-order valence-electron chi connectivity index (χ2n) is 6.31. The summed E-state index contributed by atoms with van der Waals surface area (Å²) in [6.45, 7) is 2.63. The van der Waals surface area contributed by atoms with Crippen LogP contribution in [0, 0.1) is 0 Å². The summed E-state index contributed by atoms with van der Waals surface area (Å²) in [5.41, 5.74) is 6.58. The third-order valence-electron chi connectivity index (χ3n) is 4.21. The molecule has 2 aromatic rings. The van der Waals surface area contributed by atoms with E-state index in [2.05, 4.69) is 0 Å².